The summed E-state index contributed by atoms with van der Waals surface area (Å²) in [6, 6.07) is 11.1. The summed E-state index contributed by atoms with van der Waals surface area (Å²) in [4.78, 5) is 16.5. The van der Waals surface area contributed by atoms with Gasteiger partial charge in [-0.25, -0.2) is 4.79 Å². The van der Waals surface area contributed by atoms with Crippen LogP contribution in [0.5, 0.6) is 0 Å². The topological polar surface area (TPSA) is 62.2 Å². The zero-order valence-electron chi connectivity index (χ0n) is 11.3. The van der Waals surface area contributed by atoms with E-state index in [2.05, 4.69) is 10.3 Å². The number of aromatic carboxylic acids is 1. The van der Waals surface area contributed by atoms with Gasteiger partial charge in [-0.15, -0.1) is 11.8 Å². The molecule has 0 saturated carbocycles. The maximum absolute atomic E-state index is 11.5. The molecule has 4 nitrogen and oxygen atoms in total. The zero-order chi connectivity index (χ0) is 14.5. The van der Waals surface area contributed by atoms with Gasteiger partial charge < -0.3 is 10.4 Å². The molecule has 1 unspecified atom stereocenters. The molecule has 0 fully saturated rings. The highest BCUT2D eigenvalue weighted by molar-refractivity contribution is 7.98. The third-order valence-corrected chi connectivity index (χ3v) is 3.74. The minimum absolute atomic E-state index is 0.0635. The molecule has 5 heteroatoms. The number of hydrogen-bond donors (Lipinski definition) is 2. The van der Waals surface area contributed by atoms with Crippen LogP contribution in [0.15, 0.2) is 47.5 Å². The molecule has 2 rings (SSSR count). The minimum atomic E-state index is -0.925. The van der Waals surface area contributed by atoms with Gasteiger partial charge in [-0.1, -0.05) is 12.1 Å². The van der Waals surface area contributed by atoms with E-state index in [0.717, 1.165) is 10.6 Å². The number of carboxylic acid groups (broad SMARTS) is 1. The SMILES string of the molecule is CSc1cccc(NC(C)c2ccccn2)c1C(=O)O. The van der Waals surface area contributed by atoms with Crippen LogP contribution < -0.4 is 5.32 Å². The Labute approximate surface area is 122 Å². The molecular weight excluding hydrogens is 272 g/mol. The summed E-state index contributed by atoms with van der Waals surface area (Å²) in [5, 5.41) is 12.6. The van der Waals surface area contributed by atoms with Gasteiger partial charge in [0.15, 0.2) is 0 Å². The molecule has 0 bridgehead atoms. The van der Waals surface area contributed by atoms with Gasteiger partial charge in [-0.05, 0) is 37.4 Å². The lowest BCUT2D eigenvalue weighted by Crippen LogP contribution is -2.12. The Hall–Kier alpha value is -2.01. The van der Waals surface area contributed by atoms with Crippen molar-refractivity contribution in [3.05, 3.63) is 53.9 Å². The molecule has 0 aliphatic carbocycles. The molecule has 0 saturated heterocycles. The lowest BCUT2D eigenvalue weighted by atomic mass is 10.1. The number of anilines is 1. The van der Waals surface area contributed by atoms with Gasteiger partial charge in [0.25, 0.3) is 0 Å². The quantitative estimate of drug-likeness (QED) is 0.822. The second kappa shape index (κ2) is 6.43. The number of pyridine rings is 1. The maximum Gasteiger partial charge on any atom is 0.338 e. The second-order valence-corrected chi connectivity index (χ2v) is 5.16. The van der Waals surface area contributed by atoms with Crippen molar-refractivity contribution in [2.24, 2.45) is 0 Å². The number of nitrogens with zero attached hydrogens (tertiary/aromatic N) is 1. The molecule has 1 heterocycles. The van der Waals surface area contributed by atoms with E-state index in [1.165, 1.54) is 11.8 Å². The number of aromatic nitrogens is 1. The van der Waals surface area contributed by atoms with Crippen LogP contribution in [0.2, 0.25) is 0 Å². The fourth-order valence-corrected chi connectivity index (χ4v) is 2.60. The molecule has 1 aromatic heterocycles. The standard InChI is InChI=1S/C15H16N2O2S/c1-10(11-6-3-4-9-16-11)17-12-7-5-8-13(20-2)14(12)15(18)19/h3-10,17H,1-2H3,(H,18,19). The van der Waals surface area contributed by atoms with Gasteiger partial charge >= 0.3 is 5.97 Å². The molecule has 0 radical (unpaired) electrons. The zero-order valence-corrected chi connectivity index (χ0v) is 12.1. The summed E-state index contributed by atoms with van der Waals surface area (Å²) in [5.74, 6) is -0.925. The van der Waals surface area contributed by atoms with Gasteiger partial charge in [0.2, 0.25) is 0 Å². The first kappa shape index (κ1) is 14.4. The number of hydrogen-bond acceptors (Lipinski definition) is 4. The van der Waals surface area contributed by atoms with Crippen molar-refractivity contribution in [1.82, 2.24) is 4.98 Å². The van der Waals surface area contributed by atoms with Crippen LogP contribution in [0, 0.1) is 0 Å². The monoisotopic (exact) mass is 288 g/mol. The van der Waals surface area contributed by atoms with E-state index in [0.29, 0.717) is 11.3 Å². The Bertz CT molecular complexity index is 602. The smallest absolute Gasteiger partial charge is 0.338 e. The van der Waals surface area contributed by atoms with Gasteiger partial charge in [0.05, 0.1) is 23.0 Å². The highest BCUT2D eigenvalue weighted by Gasteiger charge is 2.17. The molecule has 0 spiro atoms. The fraction of sp³-hybridized carbons (Fsp3) is 0.200. The third-order valence-electron chi connectivity index (χ3n) is 2.96. The summed E-state index contributed by atoms with van der Waals surface area (Å²) in [5.41, 5.74) is 1.80. The Balaban J connectivity index is 2.32. The molecule has 2 aromatic rings. The molecular formula is C15H16N2O2S. The van der Waals surface area contributed by atoms with Crippen molar-refractivity contribution in [3.8, 4) is 0 Å². The van der Waals surface area contributed by atoms with Gasteiger partial charge in [0.1, 0.15) is 0 Å². The number of benzene rings is 1. The average Bonchev–Trinajstić information content (AvgIpc) is 2.47. The number of nitrogens with one attached hydrogen (secondary N) is 1. The third kappa shape index (κ3) is 3.11. The van der Waals surface area contributed by atoms with Crippen molar-refractivity contribution >= 4 is 23.4 Å². The Kier molecular flexibility index (Phi) is 4.63. The molecule has 0 aliphatic rings. The number of thioether (sulfide) groups is 1. The first-order valence-electron chi connectivity index (χ1n) is 6.21. The first-order valence-corrected chi connectivity index (χ1v) is 7.43. The van der Waals surface area contributed by atoms with Crippen molar-refractivity contribution in [2.75, 3.05) is 11.6 Å². The predicted molar refractivity (Wildman–Crippen MR) is 81.5 cm³/mol. The van der Waals surface area contributed by atoms with Crippen LogP contribution in [-0.2, 0) is 0 Å². The Morgan fingerprint density at radius 3 is 2.70 bits per heavy atom. The Morgan fingerprint density at radius 2 is 2.10 bits per heavy atom. The van der Waals surface area contributed by atoms with E-state index in [1.54, 1.807) is 12.3 Å². The summed E-state index contributed by atoms with van der Waals surface area (Å²) in [6.07, 6.45) is 3.59. The van der Waals surface area contributed by atoms with E-state index in [-0.39, 0.29) is 6.04 Å². The first-order chi connectivity index (χ1) is 9.63. The average molecular weight is 288 g/mol. The van der Waals surface area contributed by atoms with Crippen molar-refractivity contribution in [3.63, 3.8) is 0 Å². The fourth-order valence-electron chi connectivity index (χ4n) is 1.98. The van der Waals surface area contributed by atoms with Crippen LogP contribution in [0.1, 0.15) is 29.0 Å². The highest BCUT2D eigenvalue weighted by Crippen LogP contribution is 2.29. The predicted octanol–water partition coefficient (Wildman–Crippen LogP) is 3.67. The summed E-state index contributed by atoms with van der Waals surface area (Å²) in [6.45, 7) is 1.96. The normalized spacial score (nSPS) is 11.9. The summed E-state index contributed by atoms with van der Waals surface area (Å²) >= 11 is 1.42. The second-order valence-electron chi connectivity index (χ2n) is 4.31. The maximum atomic E-state index is 11.5. The van der Waals surface area contributed by atoms with Crippen LogP contribution in [-0.4, -0.2) is 22.3 Å². The highest BCUT2D eigenvalue weighted by atomic mass is 32.2. The van der Waals surface area contributed by atoms with E-state index < -0.39 is 5.97 Å². The Morgan fingerprint density at radius 1 is 1.30 bits per heavy atom. The van der Waals surface area contributed by atoms with E-state index in [1.807, 2.05) is 43.5 Å². The number of carboxylic acids is 1. The molecule has 1 atom stereocenters. The van der Waals surface area contributed by atoms with Gasteiger partial charge in [-0.3, -0.25) is 4.98 Å². The van der Waals surface area contributed by atoms with E-state index in [4.69, 9.17) is 0 Å². The molecule has 104 valence electrons. The summed E-state index contributed by atoms with van der Waals surface area (Å²) in [7, 11) is 0. The molecule has 20 heavy (non-hydrogen) atoms. The van der Waals surface area contributed by atoms with Crippen LogP contribution in [0.3, 0.4) is 0 Å². The van der Waals surface area contributed by atoms with Crippen LogP contribution in [0.25, 0.3) is 0 Å². The van der Waals surface area contributed by atoms with Crippen LogP contribution in [0.4, 0.5) is 5.69 Å². The minimum Gasteiger partial charge on any atom is -0.478 e. The van der Waals surface area contributed by atoms with E-state index >= 15 is 0 Å². The van der Waals surface area contributed by atoms with Crippen molar-refractivity contribution in [2.45, 2.75) is 17.9 Å². The van der Waals surface area contributed by atoms with Crippen molar-refractivity contribution in [1.29, 1.82) is 0 Å². The van der Waals surface area contributed by atoms with Crippen LogP contribution >= 0.6 is 11.8 Å². The van der Waals surface area contributed by atoms with Crippen molar-refractivity contribution < 1.29 is 9.90 Å². The molecule has 1 aromatic carbocycles. The van der Waals surface area contributed by atoms with Gasteiger partial charge in [0, 0.05) is 11.1 Å². The van der Waals surface area contributed by atoms with Gasteiger partial charge in [-0.2, -0.15) is 0 Å². The number of carbonyl (C=O) groups is 1. The largest absolute Gasteiger partial charge is 0.478 e. The molecule has 2 N–H and O–H groups in total. The lowest BCUT2D eigenvalue weighted by Gasteiger charge is -2.17. The lowest BCUT2D eigenvalue weighted by molar-refractivity contribution is 0.0694. The number of rotatable bonds is 5. The van der Waals surface area contributed by atoms with E-state index in [9.17, 15) is 9.90 Å². The molecule has 0 amide bonds. The molecule has 0 aliphatic heterocycles. The summed E-state index contributed by atoms with van der Waals surface area (Å²) < 4.78 is 0.